The maximum Gasteiger partial charge on any atom is 0.253 e. The third kappa shape index (κ3) is 3.81. The highest BCUT2D eigenvalue weighted by Gasteiger charge is 2.22. The van der Waals surface area contributed by atoms with E-state index in [2.05, 4.69) is 10.3 Å². The molecular formula is C13H17ClN2O2. The number of carbonyl (C=O) groups excluding carboxylic acids is 2. The Morgan fingerprint density at radius 2 is 2.00 bits per heavy atom. The Kier molecular flexibility index (Phi) is 4.46. The normalized spacial score (nSPS) is 11.2. The summed E-state index contributed by atoms with van der Waals surface area (Å²) in [6, 6.07) is 1.54. The van der Waals surface area contributed by atoms with Crippen LogP contribution in [0.2, 0.25) is 5.02 Å². The van der Waals surface area contributed by atoms with Crippen LogP contribution >= 0.6 is 11.6 Å². The number of nitrogens with zero attached hydrogens (tertiary/aromatic N) is 1. The highest BCUT2D eigenvalue weighted by atomic mass is 35.5. The minimum absolute atomic E-state index is 0.00822. The van der Waals surface area contributed by atoms with Crippen molar-refractivity contribution < 1.29 is 9.59 Å². The number of Topliss-reactive ketones (excluding diaryl/α,β-unsaturated/α-hetero) is 1. The molecule has 1 aromatic rings. The molecule has 0 radical (unpaired) electrons. The summed E-state index contributed by atoms with van der Waals surface area (Å²) in [4.78, 5) is 27.6. The summed E-state index contributed by atoms with van der Waals surface area (Å²) < 4.78 is 0. The number of rotatable bonds is 3. The lowest BCUT2D eigenvalue weighted by Crippen LogP contribution is -2.35. The molecule has 0 saturated heterocycles. The lowest BCUT2D eigenvalue weighted by Gasteiger charge is -2.16. The van der Waals surface area contributed by atoms with Gasteiger partial charge in [0.2, 0.25) is 0 Å². The van der Waals surface area contributed by atoms with Gasteiger partial charge in [-0.15, -0.1) is 0 Å². The summed E-state index contributed by atoms with van der Waals surface area (Å²) in [5.74, 6) is -0.358. The predicted molar refractivity (Wildman–Crippen MR) is 70.8 cm³/mol. The maximum absolute atomic E-state index is 11.9. The molecule has 1 aromatic heterocycles. The second-order valence-electron chi connectivity index (χ2n) is 5.14. The molecule has 0 spiro atoms. The summed E-state index contributed by atoms with van der Waals surface area (Å²) in [5, 5.41) is 2.98. The van der Waals surface area contributed by atoms with Gasteiger partial charge in [0.1, 0.15) is 0 Å². The first-order valence-corrected chi connectivity index (χ1v) is 6.03. The topological polar surface area (TPSA) is 59.1 Å². The fourth-order valence-corrected chi connectivity index (χ4v) is 1.42. The Morgan fingerprint density at radius 1 is 1.39 bits per heavy atom. The van der Waals surface area contributed by atoms with Gasteiger partial charge in [-0.25, -0.2) is 0 Å². The SMILES string of the molecule is Cc1ncc(Cl)cc1C(=O)NCC(=O)C(C)(C)C. The van der Waals surface area contributed by atoms with Gasteiger partial charge in [-0.3, -0.25) is 14.6 Å². The Labute approximate surface area is 112 Å². The van der Waals surface area contributed by atoms with Gasteiger partial charge >= 0.3 is 0 Å². The summed E-state index contributed by atoms with van der Waals surface area (Å²) in [7, 11) is 0. The standard InChI is InChI=1S/C13H17ClN2O2/c1-8-10(5-9(14)6-15-8)12(18)16-7-11(17)13(2,3)4/h5-6H,7H2,1-4H3,(H,16,18). The molecule has 0 aliphatic heterocycles. The molecule has 1 rings (SSSR count). The van der Waals surface area contributed by atoms with Crippen molar-refractivity contribution in [3.05, 3.63) is 28.5 Å². The Hall–Kier alpha value is -1.42. The number of hydrogen-bond acceptors (Lipinski definition) is 3. The predicted octanol–water partition coefficient (Wildman–Crippen LogP) is 2.39. The number of aromatic nitrogens is 1. The van der Waals surface area contributed by atoms with Crippen molar-refractivity contribution >= 4 is 23.3 Å². The average Bonchev–Trinajstić information content (AvgIpc) is 2.27. The van der Waals surface area contributed by atoms with E-state index in [0.29, 0.717) is 16.3 Å². The molecule has 1 heterocycles. The number of pyridine rings is 1. The zero-order valence-corrected chi connectivity index (χ0v) is 11.8. The van der Waals surface area contributed by atoms with E-state index in [1.54, 1.807) is 13.0 Å². The van der Waals surface area contributed by atoms with Crippen molar-refractivity contribution in [1.82, 2.24) is 10.3 Å². The number of halogens is 1. The van der Waals surface area contributed by atoms with Crippen molar-refractivity contribution in [2.75, 3.05) is 6.54 Å². The van der Waals surface area contributed by atoms with Crippen LogP contribution in [0, 0.1) is 12.3 Å². The number of carbonyl (C=O) groups is 2. The van der Waals surface area contributed by atoms with Crippen LogP contribution in [0.15, 0.2) is 12.3 Å². The Morgan fingerprint density at radius 3 is 2.56 bits per heavy atom. The van der Waals surface area contributed by atoms with E-state index in [1.165, 1.54) is 6.20 Å². The van der Waals surface area contributed by atoms with Crippen LogP contribution in [-0.2, 0) is 4.79 Å². The van der Waals surface area contributed by atoms with Gasteiger partial charge in [-0.2, -0.15) is 0 Å². The van der Waals surface area contributed by atoms with Crippen LogP contribution in [0.1, 0.15) is 36.8 Å². The number of ketones is 1. The van der Waals surface area contributed by atoms with Crippen molar-refractivity contribution in [2.24, 2.45) is 5.41 Å². The zero-order chi connectivity index (χ0) is 13.9. The largest absolute Gasteiger partial charge is 0.345 e. The minimum atomic E-state index is -0.463. The van der Waals surface area contributed by atoms with E-state index < -0.39 is 5.41 Å². The van der Waals surface area contributed by atoms with E-state index in [0.717, 1.165) is 0 Å². The summed E-state index contributed by atoms with van der Waals surface area (Å²) in [5.41, 5.74) is 0.513. The van der Waals surface area contributed by atoms with Gasteiger partial charge in [0.15, 0.2) is 5.78 Å². The average molecular weight is 269 g/mol. The summed E-state index contributed by atoms with van der Waals surface area (Å²) in [6.45, 7) is 7.17. The van der Waals surface area contributed by atoms with Crippen LogP contribution < -0.4 is 5.32 Å². The molecule has 1 N–H and O–H groups in total. The number of nitrogens with one attached hydrogen (secondary N) is 1. The van der Waals surface area contributed by atoms with Crippen LogP contribution in [-0.4, -0.2) is 23.2 Å². The smallest absolute Gasteiger partial charge is 0.253 e. The second kappa shape index (κ2) is 5.48. The van der Waals surface area contributed by atoms with Gasteiger partial charge in [-0.05, 0) is 13.0 Å². The Balaban J connectivity index is 2.72. The molecule has 0 bridgehead atoms. The molecule has 4 nitrogen and oxygen atoms in total. The van der Waals surface area contributed by atoms with Gasteiger partial charge in [0.05, 0.1) is 22.8 Å². The van der Waals surface area contributed by atoms with Gasteiger partial charge in [0, 0.05) is 11.6 Å². The molecule has 98 valence electrons. The molecule has 1 amide bonds. The first-order valence-electron chi connectivity index (χ1n) is 5.65. The number of hydrogen-bond donors (Lipinski definition) is 1. The van der Waals surface area contributed by atoms with E-state index in [1.807, 2.05) is 20.8 Å². The lowest BCUT2D eigenvalue weighted by molar-refractivity contribution is -0.125. The van der Waals surface area contributed by atoms with E-state index in [-0.39, 0.29) is 18.2 Å². The molecule has 0 fully saturated rings. The van der Waals surface area contributed by atoms with Crippen LogP contribution in [0.3, 0.4) is 0 Å². The molecule has 0 atom stereocenters. The molecule has 0 aromatic carbocycles. The molecule has 0 unspecified atom stereocenters. The second-order valence-corrected chi connectivity index (χ2v) is 5.58. The molecule has 5 heteroatoms. The molecule has 18 heavy (non-hydrogen) atoms. The minimum Gasteiger partial charge on any atom is -0.345 e. The van der Waals surface area contributed by atoms with Crippen molar-refractivity contribution in [3.63, 3.8) is 0 Å². The maximum atomic E-state index is 11.9. The number of amides is 1. The highest BCUT2D eigenvalue weighted by molar-refractivity contribution is 6.30. The monoisotopic (exact) mass is 268 g/mol. The molecule has 0 saturated carbocycles. The number of aryl methyl sites for hydroxylation is 1. The fourth-order valence-electron chi connectivity index (χ4n) is 1.26. The van der Waals surface area contributed by atoms with Gasteiger partial charge in [-0.1, -0.05) is 32.4 Å². The molecule has 0 aliphatic carbocycles. The van der Waals surface area contributed by atoms with Crippen LogP contribution in [0.4, 0.5) is 0 Å². The fraction of sp³-hybridized carbons (Fsp3) is 0.462. The van der Waals surface area contributed by atoms with E-state index in [9.17, 15) is 9.59 Å². The molecular weight excluding hydrogens is 252 g/mol. The first-order chi connectivity index (χ1) is 8.21. The van der Waals surface area contributed by atoms with Crippen LogP contribution in [0.5, 0.6) is 0 Å². The van der Waals surface area contributed by atoms with Gasteiger partial charge in [0.25, 0.3) is 5.91 Å². The quantitative estimate of drug-likeness (QED) is 0.916. The lowest BCUT2D eigenvalue weighted by atomic mass is 9.91. The highest BCUT2D eigenvalue weighted by Crippen LogP contribution is 2.15. The van der Waals surface area contributed by atoms with Crippen molar-refractivity contribution in [2.45, 2.75) is 27.7 Å². The van der Waals surface area contributed by atoms with Crippen molar-refractivity contribution in [1.29, 1.82) is 0 Å². The Bertz CT molecular complexity index is 478. The first kappa shape index (κ1) is 14.6. The van der Waals surface area contributed by atoms with Crippen molar-refractivity contribution in [3.8, 4) is 0 Å². The molecule has 0 aliphatic rings. The van der Waals surface area contributed by atoms with Gasteiger partial charge < -0.3 is 5.32 Å². The van der Waals surface area contributed by atoms with E-state index >= 15 is 0 Å². The van der Waals surface area contributed by atoms with E-state index in [4.69, 9.17) is 11.6 Å². The zero-order valence-electron chi connectivity index (χ0n) is 11.0. The third-order valence-corrected chi connectivity index (χ3v) is 2.75. The van der Waals surface area contributed by atoms with Crippen LogP contribution in [0.25, 0.3) is 0 Å². The summed E-state index contributed by atoms with van der Waals surface area (Å²) >= 11 is 5.79. The summed E-state index contributed by atoms with van der Waals surface area (Å²) in [6.07, 6.45) is 1.48. The third-order valence-electron chi connectivity index (χ3n) is 2.54.